The number of benzene rings is 1. The molecule has 0 bridgehead atoms. The van der Waals surface area contributed by atoms with Gasteiger partial charge >= 0.3 is 0 Å². The van der Waals surface area contributed by atoms with E-state index in [1.807, 2.05) is 0 Å². The number of unbranched alkanes of at least 4 members (excludes halogenated alkanes) is 1. The van der Waals surface area contributed by atoms with Crippen LogP contribution in [0.4, 0.5) is 0 Å². The molecule has 3 nitrogen and oxygen atoms in total. The normalized spacial score (nSPS) is 10.4. The Hall–Kier alpha value is -1.35. The van der Waals surface area contributed by atoms with Crippen LogP contribution in [0.3, 0.4) is 0 Å². The van der Waals surface area contributed by atoms with E-state index in [2.05, 4.69) is 31.2 Å². The number of carbonyl (C=O) groups is 1. The van der Waals surface area contributed by atoms with Crippen molar-refractivity contribution in [2.24, 2.45) is 5.84 Å². The number of aryl methyl sites for hydroxylation is 2. The Kier molecular flexibility index (Phi) is 6.44. The molecule has 0 saturated heterocycles. The molecule has 3 heteroatoms. The van der Waals surface area contributed by atoms with E-state index in [0.29, 0.717) is 6.42 Å². The van der Waals surface area contributed by atoms with Gasteiger partial charge in [-0.15, -0.1) is 0 Å². The zero-order valence-corrected chi connectivity index (χ0v) is 11.5. The van der Waals surface area contributed by atoms with Crippen LogP contribution in [0, 0.1) is 0 Å². The van der Waals surface area contributed by atoms with Crippen LogP contribution in [-0.4, -0.2) is 18.0 Å². The summed E-state index contributed by atoms with van der Waals surface area (Å²) in [6, 6.07) is 8.80. The predicted octanol–water partition coefficient (Wildman–Crippen LogP) is 2.68. The van der Waals surface area contributed by atoms with Crippen LogP contribution >= 0.6 is 0 Å². The van der Waals surface area contributed by atoms with E-state index >= 15 is 0 Å². The number of hydrazine groups is 1. The maximum atomic E-state index is 11.3. The fourth-order valence-electron chi connectivity index (χ4n) is 1.94. The Labute approximate surface area is 110 Å². The molecule has 0 atom stereocenters. The number of hydrogen-bond donors (Lipinski definition) is 1. The molecule has 2 N–H and O–H groups in total. The third-order valence-corrected chi connectivity index (χ3v) is 3.06. The van der Waals surface area contributed by atoms with E-state index in [4.69, 9.17) is 5.84 Å². The fraction of sp³-hybridized carbons (Fsp3) is 0.533. The number of nitrogens with two attached hydrogens (primary N) is 1. The largest absolute Gasteiger partial charge is 0.284 e. The molecule has 0 spiro atoms. The maximum absolute atomic E-state index is 11.3. The van der Waals surface area contributed by atoms with Crippen LogP contribution in [0.15, 0.2) is 24.3 Å². The first kappa shape index (κ1) is 14.7. The molecule has 0 aliphatic carbocycles. The first-order valence-electron chi connectivity index (χ1n) is 6.72. The van der Waals surface area contributed by atoms with Gasteiger partial charge in [-0.3, -0.25) is 9.80 Å². The minimum absolute atomic E-state index is 0.00768. The SMILES string of the molecule is CCCc1ccc(CCCCC(=O)N(C)N)cc1. The van der Waals surface area contributed by atoms with Crippen molar-refractivity contribution in [2.75, 3.05) is 7.05 Å². The minimum Gasteiger partial charge on any atom is -0.284 e. The lowest BCUT2D eigenvalue weighted by Crippen LogP contribution is -2.32. The van der Waals surface area contributed by atoms with E-state index in [1.165, 1.54) is 22.6 Å². The topological polar surface area (TPSA) is 46.3 Å². The molecule has 0 saturated carbocycles. The van der Waals surface area contributed by atoms with Crippen LogP contribution in [0.5, 0.6) is 0 Å². The molecule has 0 aromatic heterocycles. The molecule has 18 heavy (non-hydrogen) atoms. The molecule has 0 fully saturated rings. The Morgan fingerprint density at radius 2 is 1.67 bits per heavy atom. The molecule has 1 aromatic carbocycles. The van der Waals surface area contributed by atoms with Crippen molar-refractivity contribution < 1.29 is 4.79 Å². The first-order chi connectivity index (χ1) is 8.63. The molecule has 0 unspecified atom stereocenters. The third-order valence-electron chi connectivity index (χ3n) is 3.06. The summed E-state index contributed by atoms with van der Waals surface area (Å²) in [5, 5.41) is 1.17. The summed E-state index contributed by atoms with van der Waals surface area (Å²) >= 11 is 0. The third kappa shape index (κ3) is 5.32. The Bertz CT molecular complexity index is 357. The number of nitrogens with zero attached hydrogens (tertiary/aromatic N) is 1. The van der Waals surface area contributed by atoms with Gasteiger partial charge in [0.2, 0.25) is 5.91 Å². The minimum atomic E-state index is 0.00768. The molecular weight excluding hydrogens is 224 g/mol. The van der Waals surface area contributed by atoms with Gasteiger partial charge < -0.3 is 0 Å². The molecule has 0 heterocycles. The number of carbonyl (C=O) groups excluding carboxylic acids is 1. The van der Waals surface area contributed by atoms with Gasteiger partial charge in [-0.2, -0.15) is 0 Å². The van der Waals surface area contributed by atoms with Crippen molar-refractivity contribution in [1.29, 1.82) is 0 Å². The van der Waals surface area contributed by atoms with E-state index in [1.54, 1.807) is 7.05 Å². The summed E-state index contributed by atoms with van der Waals surface area (Å²) in [6.45, 7) is 2.19. The number of hydrogen-bond acceptors (Lipinski definition) is 2. The second kappa shape index (κ2) is 7.88. The zero-order chi connectivity index (χ0) is 13.4. The maximum Gasteiger partial charge on any atom is 0.236 e. The van der Waals surface area contributed by atoms with Crippen LogP contribution in [-0.2, 0) is 17.6 Å². The monoisotopic (exact) mass is 248 g/mol. The molecule has 1 rings (SSSR count). The average Bonchev–Trinajstić information content (AvgIpc) is 2.36. The molecule has 1 amide bonds. The fourth-order valence-corrected chi connectivity index (χ4v) is 1.94. The molecule has 100 valence electrons. The summed E-state index contributed by atoms with van der Waals surface area (Å²) in [5.74, 6) is 5.37. The van der Waals surface area contributed by atoms with Crippen LogP contribution in [0.25, 0.3) is 0 Å². The Morgan fingerprint density at radius 1 is 1.11 bits per heavy atom. The standard InChI is InChI=1S/C15H24N2O/c1-3-6-13-9-11-14(12-10-13)7-4-5-8-15(18)17(2)16/h9-12H,3-8,16H2,1-2H3. The highest BCUT2D eigenvalue weighted by molar-refractivity contribution is 5.75. The molecule has 1 aromatic rings. The Balaban J connectivity index is 2.25. The Morgan fingerprint density at radius 3 is 2.17 bits per heavy atom. The van der Waals surface area contributed by atoms with Crippen molar-refractivity contribution in [1.82, 2.24) is 5.01 Å². The van der Waals surface area contributed by atoms with Gasteiger partial charge in [0.1, 0.15) is 0 Å². The summed E-state index contributed by atoms with van der Waals surface area (Å²) in [5.41, 5.74) is 2.75. The predicted molar refractivity (Wildman–Crippen MR) is 74.9 cm³/mol. The van der Waals surface area contributed by atoms with E-state index < -0.39 is 0 Å². The van der Waals surface area contributed by atoms with Gasteiger partial charge in [-0.1, -0.05) is 37.6 Å². The van der Waals surface area contributed by atoms with E-state index in [0.717, 1.165) is 25.7 Å². The quantitative estimate of drug-likeness (QED) is 0.349. The van der Waals surface area contributed by atoms with Gasteiger partial charge in [0.05, 0.1) is 0 Å². The van der Waals surface area contributed by atoms with Crippen molar-refractivity contribution in [3.05, 3.63) is 35.4 Å². The second-order valence-corrected chi connectivity index (χ2v) is 4.78. The summed E-state index contributed by atoms with van der Waals surface area (Å²) in [7, 11) is 1.59. The second-order valence-electron chi connectivity index (χ2n) is 4.78. The lowest BCUT2D eigenvalue weighted by molar-refractivity contribution is -0.130. The zero-order valence-electron chi connectivity index (χ0n) is 11.5. The molecule has 0 aliphatic rings. The van der Waals surface area contributed by atoms with Crippen LogP contribution < -0.4 is 5.84 Å². The van der Waals surface area contributed by atoms with E-state index in [9.17, 15) is 4.79 Å². The van der Waals surface area contributed by atoms with Gasteiger partial charge in [-0.25, -0.2) is 5.84 Å². The highest BCUT2D eigenvalue weighted by atomic mass is 16.2. The van der Waals surface area contributed by atoms with Crippen LogP contribution in [0.2, 0.25) is 0 Å². The van der Waals surface area contributed by atoms with Crippen molar-refractivity contribution in [3.8, 4) is 0 Å². The van der Waals surface area contributed by atoms with Crippen molar-refractivity contribution in [2.45, 2.75) is 45.4 Å². The average molecular weight is 248 g/mol. The van der Waals surface area contributed by atoms with Gasteiger partial charge in [0.25, 0.3) is 0 Å². The van der Waals surface area contributed by atoms with Crippen molar-refractivity contribution in [3.63, 3.8) is 0 Å². The summed E-state index contributed by atoms with van der Waals surface area (Å²) in [4.78, 5) is 11.3. The van der Waals surface area contributed by atoms with Crippen molar-refractivity contribution >= 4 is 5.91 Å². The smallest absolute Gasteiger partial charge is 0.236 e. The molecular formula is C15H24N2O. The summed E-state index contributed by atoms with van der Waals surface area (Å²) in [6.07, 6.45) is 5.85. The highest BCUT2D eigenvalue weighted by Crippen LogP contribution is 2.10. The molecule has 0 aliphatic heterocycles. The van der Waals surface area contributed by atoms with Gasteiger partial charge in [0.15, 0.2) is 0 Å². The van der Waals surface area contributed by atoms with Gasteiger partial charge in [-0.05, 0) is 36.8 Å². The van der Waals surface area contributed by atoms with E-state index in [-0.39, 0.29) is 5.91 Å². The number of rotatable bonds is 7. The summed E-state index contributed by atoms with van der Waals surface area (Å²) < 4.78 is 0. The first-order valence-corrected chi connectivity index (χ1v) is 6.72. The highest BCUT2D eigenvalue weighted by Gasteiger charge is 2.03. The lowest BCUT2D eigenvalue weighted by Gasteiger charge is -2.09. The van der Waals surface area contributed by atoms with Crippen LogP contribution in [0.1, 0.15) is 43.7 Å². The molecule has 0 radical (unpaired) electrons. The number of amides is 1. The lowest BCUT2D eigenvalue weighted by atomic mass is 10.0. The van der Waals surface area contributed by atoms with Gasteiger partial charge in [0, 0.05) is 13.5 Å².